The van der Waals surface area contributed by atoms with E-state index in [4.69, 9.17) is 16.7 Å². The van der Waals surface area contributed by atoms with E-state index in [0.717, 1.165) is 0 Å². The standard InChI is InChI=1S/C10H8ClNO3/c11-6-1-2-8-7(3-6)9(13)4-12(8)5-10(14)15/h1-3H,4-5H2,(H,14,15). The first-order valence-corrected chi connectivity index (χ1v) is 4.75. The van der Waals surface area contributed by atoms with Gasteiger partial charge in [-0.2, -0.15) is 0 Å². The van der Waals surface area contributed by atoms with E-state index in [1.165, 1.54) is 4.90 Å². The third kappa shape index (κ3) is 1.80. The van der Waals surface area contributed by atoms with Crippen molar-refractivity contribution >= 4 is 29.0 Å². The van der Waals surface area contributed by atoms with Gasteiger partial charge >= 0.3 is 5.97 Å². The van der Waals surface area contributed by atoms with Gasteiger partial charge in [-0.15, -0.1) is 0 Å². The second-order valence-corrected chi connectivity index (χ2v) is 3.77. The number of carbonyl (C=O) groups excluding carboxylic acids is 1. The van der Waals surface area contributed by atoms with Crippen molar-refractivity contribution in [2.45, 2.75) is 0 Å². The van der Waals surface area contributed by atoms with Crippen molar-refractivity contribution in [1.82, 2.24) is 0 Å². The molecule has 1 aliphatic heterocycles. The van der Waals surface area contributed by atoms with Crippen molar-refractivity contribution < 1.29 is 14.7 Å². The smallest absolute Gasteiger partial charge is 0.323 e. The highest BCUT2D eigenvalue weighted by atomic mass is 35.5. The van der Waals surface area contributed by atoms with Crippen LogP contribution in [0.15, 0.2) is 18.2 Å². The summed E-state index contributed by atoms with van der Waals surface area (Å²) in [5, 5.41) is 9.15. The molecule has 0 aliphatic carbocycles. The summed E-state index contributed by atoms with van der Waals surface area (Å²) in [5.74, 6) is -1.04. The van der Waals surface area contributed by atoms with Crippen LogP contribution in [0.2, 0.25) is 5.02 Å². The van der Waals surface area contributed by atoms with Crippen LogP contribution in [0.25, 0.3) is 0 Å². The van der Waals surface area contributed by atoms with Crippen LogP contribution >= 0.6 is 11.6 Å². The topological polar surface area (TPSA) is 57.6 Å². The molecule has 0 radical (unpaired) electrons. The highest BCUT2D eigenvalue weighted by Crippen LogP contribution is 2.29. The summed E-state index contributed by atoms with van der Waals surface area (Å²) < 4.78 is 0. The van der Waals surface area contributed by atoms with Crippen LogP contribution in [-0.2, 0) is 4.79 Å². The summed E-state index contributed by atoms with van der Waals surface area (Å²) in [5.41, 5.74) is 1.15. The molecule has 1 aliphatic rings. The average Bonchev–Trinajstić information content (AvgIpc) is 2.42. The molecule has 0 spiro atoms. The highest BCUT2D eigenvalue weighted by molar-refractivity contribution is 6.31. The van der Waals surface area contributed by atoms with Gasteiger partial charge in [0.05, 0.1) is 6.54 Å². The molecule has 1 aromatic rings. The minimum Gasteiger partial charge on any atom is -0.480 e. The zero-order chi connectivity index (χ0) is 11.0. The number of ketones is 1. The van der Waals surface area contributed by atoms with E-state index in [-0.39, 0.29) is 18.9 Å². The molecule has 4 nitrogen and oxygen atoms in total. The highest BCUT2D eigenvalue weighted by Gasteiger charge is 2.27. The van der Waals surface area contributed by atoms with Crippen LogP contribution in [0.3, 0.4) is 0 Å². The molecule has 5 heteroatoms. The molecule has 1 heterocycles. The van der Waals surface area contributed by atoms with Gasteiger partial charge in [-0.3, -0.25) is 9.59 Å². The van der Waals surface area contributed by atoms with Gasteiger partial charge in [0.15, 0.2) is 5.78 Å². The maximum Gasteiger partial charge on any atom is 0.323 e. The van der Waals surface area contributed by atoms with E-state index in [2.05, 4.69) is 0 Å². The maximum absolute atomic E-state index is 11.5. The average molecular weight is 226 g/mol. The number of anilines is 1. The normalized spacial score (nSPS) is 14.2. The molecule has 15 heavy (non-hydrogen) atoms. The molecule has 0 atom stereocenters. The van der Waals surface area contributed by atoms with Gasteiger partial charge in [-0.25, -0.2) is 0 Å². The summed E-state index contributed by atoms with van der Waals surface area (Å²) in [6.07, 6.45) is 0. The number of carbonyl (C=O) groups is 2. The molecule has 2 rings (SSSR count). The third-order valence-corrected chi connectivity index (χ3v) is 2.50. The molecule has 0 amide bonds. The first-order chi connectivity index (χ1) is 7.08. The number of carboxylic acids is 1. The molecule has 0 bridgehead atoms. The minimum atomic E-state index is -0.953. The Morgan fingerprint density at radius 2 is 2.27 bits per heavy atom. The van der Waals surface area contributed by atoms with Crippen LogP contribution in [0.4, 0.5) is 5.69 Å². The fourth-order valence-electron chi connectivity index (χ4n) is 1.66. The quantitative estimate of drug-likeness (QED) is 0.827. The maximum atomic E-state index is 11.5. The van der Waals surface area contributed by atoms with E-state index in [0.29, 0.717) is 16.3 Å². The SMILES string of the molecule is O=C(O)CN1CC(=O)c2cc(Cl)ccc21. The Morgan fingerprint density at radius 1 is 1.53 bits per heavy atom. The van der Waals surface area contributed by atoms with Gasteiger partial charge in [0.25, 0.3) is 0 Å². The fraction of sp³-hybridized carbons (Fsp3) is 0.200. The first-order valence-electron chi connectivity index (χ1n) is 4.37. The van der Waals surface area contributed by atoms with E-state index in [9.17, 15) is 9.59 Å². The van der Waals surface area contributed by atoms with E-state index < -0.39 is 5.97 Å². The number of nitrogens with zero attached hydrogens (tertiary/aromatic N) is 1. The van der Waals surface area contributed by atoms with Crippen LogP contribution < -0.4 is 4.90 Å². The van der Waals surface area contributed by atoms with Crippen molar-refractivity contribution in [2.75, 3.05) is 18.0 Å². The van der Waals surface area contributed by atoms with Gasteiger partial charge in [-0.1, -0.05) is 11.6 Å². The summed E-state index contributed by atoms with van der Waals surface area (Å²) in [6, 6.07) is 4.89. The Kier molecular flexibility index (Phi) is 2.36. The van der Waals surface area contributed by atoms with E-state index in [1.807, 2.05) is 0 Å². The number of rotatable bonds is 2. The monoisotopic (exact) mass is 225 g/mol. The fourth-order valence-corrected chi connectivity index (χ4v) is 1.83. The van der Waals surface area contributed by atoms with E-state index in [1.54, 1.807) is 18.2 Å². The second-order valence-electron chi connectivity index (χ2n) is 3.33. The van der Waals surface area contributed by atoms with Crippen molar-refractivity contribution in [2.24, 2.45) is 0 Å². The van der Waals surface area contributed by atoms with Crippen LogP contribution in [0, 0.1) is 0 Å². The number of hydrogen-bond acceptors (Lipinski definition) is 3. The molecule has 0 unspecified atom stereocenters. The van der Waals surface area contributed by atoms with E-state index >= 15 is 0 Å². The van der Waals surface area contributed by atoms with Crippen molar-refractivity contribution in [3.63, 3.8) is 0 Å². The Bertz CT molecular complexity index is 444. The predicted molar refractivity (Wildman–Crippen MR) is 55.6 cm³/mol. The molecular weight excluding hydrogens is 218 g/mol. The summed E-state index contributed by atoms with van der Waals surface area (Å²) in [7, 11) is 0. The molecule has 1 N–H and O–H groups in total. The lowest BCUT2D eigenvalue weighted by molar-refractivity contribution is -0.135. The molecule has 0 fully saturated rings. The lowest BCUT2D eigenvalue weighted by Crippen LogP contribution is -2.28. The summed E-state index contributed by atoms with van der Waals surface area (Å²) in [4.78, 5) is 23.6. The minimum absolute atomic E-state index is 0.0891. The summed E-state index contributed by atoms with van der Waals surface area (Å²) >= 11 is 5.76. The Hall–Kier alpha value is -1.55. The molecule has 78 valence electrons. The molecule has 0 saturated carbocycles. The van der Waals surface area contributed by atoms with Crippen LogP contribution in [0.5, 0.6) is 0 Å². The largest absolute Gasteiger partial charge is 0.480 e. The van der Waals surface area contributed by atoms with Crippen molar-refractivity contribution in [3.05, 3.63) is 28.8 Å². The molecular formula is C10H8ClNO3. The number of hydrogen-bond donors (Lipinski definition) is 1. The number of carboxylic acid groups (broad SMARTS) is 1. The van der Waals surface area contributed by atoms with Gasteiger partial charge in [0.2, 0.25) is 0 Å². The second kappa shape index (κ2) is 3.55. The number of fused-ring (bicyclic) bond motifs is 1. The lowest BCUT2D eigenvalue weighted by atomic mass is 10.1. The number of aliphatic carboxylic acids is 1. The van der Waals surface area contributed by atoms with Gasteiger partial charge in [0.1, 0.15) is 6.54 Å². The number of Topliss-reactive ketones (excluding diaryl/α,β-unsaturated/α-hetero) is 1. The van der Waals surface area contributed by atoms with Gasteiger partial charge < -0.3 is 10.0 Å². The molecule has 0 saturated heterocycles. The zero-order valence-corrected chi connectivity index (χ0v) is 8.49. The van der Waals surface area contributed by atoms with Gasteiger partial charge in [0, 0.05) is 16.3 Å². The predicted octanol–water partition coefficient (Wildman–Crippen LogP) is 1.43. The first kappa shape index (κ1) is 9.98. The molecule has 0 aromatic heterocycles. The number of halogens is 1. The number of benzene rings is 1. The van der Waals surface area contributed by atoms with Crippen molar-refractivity contribution in [1.29, 1.82) is 0 Å². The lowest BCUT2D eigenvalue weighted by Gasteiger charge is -2.14. The zero-order valence-electron chi connectivity index (χ0n) is 7.74. The van der Waals surface area contributed by atoms with Gasteiger partial charge in [-0.05, 0) is 18.2 Å². The summed E-state index contributed by atoms with van der Waals surface area (Å²) in [6.45, 7) is -0.0532. The Labute approximate surface area is 91.1 Å². The van der Waals surface area contributed by atoms with Crippen LogP contribution in [0.1, 0.15) is 10.4 Å². The Morgan fingerprint density at radius 3 is 2.93 bits per heavy atom. The van der Waals surface area contributed by atoms with Crippen molar-refractivity contribution in [3.8, 4) is 0 Å². The third-order valence-electron chi connectivity index (χ3n) is 2.26. The Balaban J connectivity index is 2.38. The van der Waals surface area contributed by atoms with Crippen LogP contribution in [-0.4, -0.2) is 29.9 Å². The molecule has 1 aromatic carbocycles.